The Bertz CT molecular complexity index is 885. The number of fused-ring (bicyclic) bond motifs is 1. The van der Waals surface area contributed by atoms with Crippen molar-refractivity contribution in [2.45, 2.75) is 5.16 Å². The molecule has 3 aromatic rings. The molecule has 4 rings (SSSR count). The Morgan fingerprint density at radius 1 is 1.28 bits per heavy atom. The molecule has 1 N–H and O–H groups in total. The molecule has 0 radical (unpaired) electrons. The van der Waals surface area contributed by atoms with Gasteiger partial charge in [-0.25, -0.2) is 9.97 Å². The first-order valence-corrected chi connectivity index (χ1v) is 8.72. The van der Waals surface area contributed by atoms with Crippen LogP contribution >= 0.6 is 11.8 Å². The van der Waals surface area contributed by atoms with Crippen molar-refractivity contribution in [1.82, 2.24) is 24.7 Å². The van der Waals surface area contributed by atoms with Crippen molar-refractivity contribution >= 4 is 17.7 Å². The summed E-state index contributed by atoms with van der Waals surface area (Å²) in [6.07, 6.45) is 5.35. The Hall–Kier alpha value is -2.81. The number of benzene rings is 1. The number of imidazole rings is 1. The minimum atomic E-state index is 0.251. The predicted octanol–water partition coefficient (Wildman–Crippen LogP) is 2.21. The van der Waals surface area contributed by atoms with Gasteiger partial charge < -0.3 is 19.4 Å². The zero-order valence-electron chi connectivity index (χ0n) is 13.5. The van der Waals surface area contributed by atoms with Crippen LogP contribution in [0.25, 0.3) is 11.3 Å². The summed E-state index contributed by atoms with van der Waals surface area (Å²) in [5, 5.41) is 12.2. The molecule has 0 amide bonds. The Balaban J connectivity index is 1.39. The first-order chi connectivity index (χ1) is 12.3. The maximum atomic E-state index is 5.40. The van der Waals surface area contributed by atoms with E-state index < -0.39 is 0 Å². The number of aryl methyl sites for hydroxylation is 1. The fraction of sp³-hybridized carbons (Fsp3) is 0.250. The monoisotopic (exact) mass is 356 g/mol. The predicted molar refractivity (Wildman–Crippen MR) is 93.8 cm³/mol. The zero-order valence-corrected chi connectivity index (χ0v) is 14.4. The van der Waals surface area contributed by atoms with Crippen LogP contribution in [-0.2, 0) is 7.05 Å². The van der Waals surface area contributed by atoms with Crippen molar-refractivity contribution in [3.05, 3.63) is 36.8 Å². The number of ether oxygens (including phenoxy) is 2. The summed E-state index contributed by atoms with van der Waals surface area (Å²) in [6, 6.07) is 5.70. The lowest BCUT2D eigenvalue weighted by molar-refractivity contribution is 0.174. The third-order valence-electron chi connectivity index (χ3n) is 3.62. The minimum Gasteiger partial charge on any atom is -0.454 e. The Kier molecular flexibility index (Phi) is 4.38. The van der Waals surface area contributed by atoms with E-state index >= 15 is 0 Å². The smallest absolute Gasteiger partial charge is 0.243 e. The van der Waals surface area contributed by atoms with Crippen LogP contribution in [0.4, 0.5) is 5.95 Å². The molecule has 2 aromatic heterocycles. The molecule has 0 unspecified atom stereocenters. The van der Waals surface area contributed by atoms with Gasteiger partial charge in [0.1, 0.15) is 0 Å². The van der Waals surface area contributed by atoms with E-state index in [9.17, 15) is 0 Å². The molecule has 0 spiro atoms. The molecule has 3 heterocycles. The molecular weight excluding hydrogens is 340 g/mol. The number of nitrogens with one attached hydrogen (secondary N) is 1. The van der Waals surface area contributed by atoms with Crippen LogP contribution in [0.3, 0.4) is 0 Å². The quantitative estimate of drug-likeness (QED) is 0.531. The van der Waals surface area contributed by atoms with E-state index in [4.69, 9.17) is 9.47 Å². The van der Waals surface area contributed by atoms with Gasteiger partial charge >= 0.3 is 0 Å². The molecule has 1 aliphatic rings. The van der Waals surface area contributed by atoms with Crippen LogP contribution in [0.15, 0.2) is 41.9 Å². The second-order valence-corrected chi connectivity index (χ2v) is 6.39. The molecular formula is C16H16N6O2S. The lowest BCUT2D eigenvalue weighted by Gasteiger charge is -2.06. The summed E-state index contributed by atoms with van der Waals surface area (Å²) in [5.41, 5.74) is 1.64. The summed E-state index contributed by atoms with van der Waals surface area (Å²) < 4.78 is 12.7. The molecule has 0 saturated carbocycles. The van der Waals surface area contributed by atoms with Gasteiger partial charge in [-0.3, -0.25) is 0 Å². The van der Waals surface area contributed by atoms with Crippen LogP contribution in [0, 0.1) is 0 Å². The number of anilines is 1. The fourth-order valence-corrected chi connectivity index (χ4v) is 3.16. The van der Waals surface area contributed by atoms with Crippen molar-refractivity contribution < 1.29 is 9.47 Å². The van der Waals surface area contributed by atoms with Gasteiger partial charge in [0.05, 0.1) is 11.9 Å². The van der Waals surface area contributed by atoms with Crippen molar-refractivity contribution in [1.29, 1.82) is 0 Å². The highest BCUT2D eigenvalue weighted by atomic mass is 32.2. The summed E-state index contributed by atoms with van der Waals surface area (Å²) in [7, 11) is 1.98. The van der Waals surface area contributed by atoms with E-state index in [1.54, 1.807) is 24.2 Å². The number of aromatic nitrogens is 5. The number of nitrogens with zero attached hydrogens (tertiary/aromatic N) is 5. The van der Waals surface area contributed by atoms with Gasteiger partial charge in [-0.15, -0.1) is 5.10 Å². The van der Waals surface area contributed by atoms with Gasteiger partial charge in [0, 0.05) is 37.3 Å². The van der Waals surface area contributed by atoms with E-state index in [2.05, 4.69) is 25.5 Å². The van der Waals surface area contributed by atoms with E-state index in [1.165, 1.54) is 0 Å². The Morgan fingerprint density at radius 2 is 2.20 bits per heavy atom. The Morgan fingerprint density at radius 3 is 3.08 bits per heavy atom. The standard InChI is InChI=1S/C16H16N6O2S/c1-22-6-4-18-16(22)25-7-5-17-15-20-12(9-19-21-15)11-2-3-13-14(8-11)24-10-23-13/h2-4,6,8-9H,5,7,10H2,1H3,(H,17,20,21). The van der Waals surface area contributed by atoms with Crippen LogP contribution in [0.1, 0.15) is 0 Å². The van der Waals surface area contributed by atoms with Crippen LogP contribution in [0.5, 0.6) is 11.5 Å². The van der Waals surface area contributed by atoms with Crippen LogP contribution < -0.4 is 14.8 Å². The maximum absolute atomic E-state index is 5.40. The third kappa shape index (κ3) is 3.50. The highest BCUT2D eigenvalue weighted by Gasteiger charge is 2.14. The first-order valence-electron chi connectivity index (χ1n) is 7.73. The largest absolute Gasteiger partial charge is 0.454 e. The molecule has 9 heteroatoms. The van der Waals surface area contributed by atoms with Gasteiger partial charge in [-0.1, -0.05) is 11.8 Å². The average Bonchev–Trinajstić information content (AvgIpc) is 3.27. The van der Waals surface area contributed by atoms with Crippen molar-refractivity contribution in [2.24, 2.45) is 7.05 Å². The SMILES string of the molecule is Cn1ccnc1SCCNc1nncc(-c2ccc3c(c2)OCO3)n1. The molecule has 0 atom stereocenters. The Labute approximate surface area is 148 Å². The summed E-state index contributed by atoms with van der Waals surface area (Å²) in [4.78, 5) is 8.78. The van der Waals surface area contributed by atoms with Crippen LogP contribution in [0.2, 0.25) is 0 Å². The lowest BCUT2D eigenvalue weighted by atomic mass is 10.1. The lowest BCUT2D eigenvalue weighted by Crippen LogP contribution is -2.09. The number of hydrogen-bond acceptors (Lipinski definition) is 8. The summed E-state index contributed by atoms with van der Waals surface area (Å²) in [6.45, 7) is 0.963. The second-order valence-electron chi connectivity index (χ2n) is 5.33. The zero-order chi connectivity index (χ0) is 17.1. The van der Waals surface area contributed by atoms with Gasteiger partial charge in [-0.2, -0.15) is 5.10 Å². The van der Waals surface area contributed by atoms with Crippen molar-refractivity contribution in [2.75, 3.05) is 24.4 Å². The molecule has 8 nitrogen and oxygen atoms in total. The van der Waals surface area contributed by atoms with E-state index in [1.807, 2.05) is 36.0 Å². The third-order valence-corrected chi connectivity index (χ3v) is 4.68. The fourth-order valence-electron chi connectivity index (χ4n) is 2.37. The van der Waals surface area contributed by atoms with E-state index in [0.717, 1.165) is 33.7 Å². The van der Waals surface area contributed by atoms with Gasteiger partial charge in [-0.05, 0) is 18.2 Å². The molecule has 128 valence electrons. The van der Waals surface area contributed by atoms with E-state index in [0.29, 0.717) is 12.5 Å². The molecule has 0 saturated heterocycles. The highest BCUT2D eigenvalue weighted by Crippen LogP contribution is 2.35. The molecule has 1 aromatic carbocycles. The van der Waals surface area contributed by atoms with Crippen molar-refractivity contribution in [3.8, 4) is 22.8 Å². The molecule has 1 aliphatic heterocycles. The number of rotatable bonds is 6. The maximum Gasteiger partial charge on any atom is 0.243 e. The normalized spacial score (nSPS) is 12.4. The summed E-state index contributed by atoms with van der Waals surface area (Å²) >= 11 is 1.67. The molecule has 0 aliphatic carbocycles. The van der Waals surface area contributed by atoms with Gasteiger partial charge in [0.15, 0.2) is 16.7 Å². The van der Waals surface area contributed by atoms with E-state index in [-0.39, 0.29) is 6.79 Å². The first kappa shape index (κ1) is 15.7. The summed E-state index contributed by atoms with van der Waals surface area (Å²) in [5.74, 6) is 2.81. The highest BCUT2D eigenvalue weighted by molar-refractivity contribution is 7.99. The van der Waals surface area contributed by atoms with Gasteiger partial charge in [0.2, 0.25) is 12.7 Å². The number of thioether (sulfide) groups is 1. The molecule has 0 bridgehead atoms. The minimum absolute atomic E-state index is 0.251. The average molecular weight is 356 g/mol. The number of hydrogen-bond donors (Lipinski definition) is 1. The van der Waals surface area contributed by atoms with Gasteiger partial charge in [0.25, 0.3) is 0 Å². The molecule has 25 heavy (non-hydrogen) atoms. The molecule has 0 fully saturated rings. The topological polar surface area (TPSA) is 87.0 Å². The van der Waals surface area contributed by atoms with Crippen LogP contribution in [-0.4, -0.2) is 43.8 Å². The van der Waals surface area contributed by atoms with Crippen molar-refractivity contribution in [3.63, 3.8) is 0 Å². The second kappa shape index (κ2) is 6.98.